The zero-order chi connectivity index (χ0) is 16.7. The number of carbonyl (C=O) groups is 1. The predicted molar refractivity (Wildman–Crippen MR) is 82.4 cm³/mol. The van der Waals surface area contributed by atoms with E-state index in [-0.39, 0.29) is 12.0 Å². The van der Waals surface area contributed by atoms with Crippen LogP contribution in [0.4, 0.5) is 8.78 Å². The Morgan fingerprint density at radius 2 is 2.17 bits per heavy atom. The number of benzene rings is 1. The van der Waals surface area contributed by atoms with Gasteiger partial charge in [-0.2, -0.15) is 0 Å². The van der Waals surface area contributed by atoms with E-state index in [1.54, 1.807) is 16.2 Å². The molecule has 3 rings (SSSR count). The van der Waals surface area contributed by atoms with Gasteiger partial charge in [-0.1, -0.05) is 6.07 Å². The van der Waals surface area contributed by atoms with E-state index in [0.717, 1.165) is 21.6 Å². The number of carboxylic acids is 1. The summed E-state index contributed by atoms with van der Waals surface area (Å²) in [5.74, 6) is -2.94. The molecule has 1 unspecified atom stereocenters. The number of hydrogen-bond donors (Lipinski definition) is 1. The second-order valence-corrected chi connectivity index (χ2v) is 7.03. The quantitative estimate of drug-likeness (QED) is 0.934. The van der Waals surface area contributed by atoms with Gasteiger partial charge in [-0.15, -0.1) is 11.3 Å². The first-order valence-electron chi connectivity index (χ1n) is 7.25. The number of aryl methyl sites for hydroxylation is 2. The van der Waals surface area contributed by atoms with Crippen LogP contribution in [0.2, 0.25) is 0 Å². The van der Waals surface area contributed by atoms with Crippen molar-refractivity contribution in [2.24, 2.45) is 0 Å². The molecule has 1 aliphatic heterocycles. The summed E-state index contributed by atoms with van der Waals surface area (Å²) in [6.45, 7) is 4.58. The molecule has 1 atom stereocenters. The summed E-state index contributed by atoms with van der Waals surface area (Å²) in [5.41, 5.74) is 1.33. The van der Waals surface area contributed by atoms with Crippen molar-refractivity contribution in [3.05, 3.63) is 50.5 Å². The summed E-state index contributed by atoms with van der Waals surface area (Å²) in [6, 6.07) is 1.37. The Balaban J connectivity index is 1.98. The molecular formula is C16H16F2N2O2S. The lowest BCUT2D eigenvalue weighted by Crippen LogP contribution is -2.40. The van der Waals surface area contributed by atoms with Crippen molar-refractivity contribution >= 4 is 17.3 Å². The summed E-state index contributed by atoms with van der Waals surface area (Å²) in [7, 11) is 0. The topological polar surface area (TPSA) is 53.4 Å². The van der Waals surface area contributed by atoms with Crippen molar-refractivity contribution < 1.29 is 18.7 Å². The second kappa shape index (κ2) is 5.98. The summed E-state index contributed by atoms with van der Waals surface area (Å²) >= 11 is 1.56. The van der Waals surface area contributed by atoms with E-state index in [1.165, 1.54) is 6.07 Å². The highest BCUT2D eigenvalue weighted by Crippen LogP contribution is 2.34. The van der Waals surface area contributed by atoms with Gasteiger partial charge in [0.2, 0.25) is 0 Å². The lowest BCUT2D eigenvalue weighted by molar-refractivity contribution is -0.144. The van der Waals surface area contributed by atoms with E-state index in [0.29, 0.717) is 18.7 Å². The van der Waals surface area contributed by atoms with Crippen molar-refractivity contribution in [2.45, 2.75) is 32.9 Å². The molecule has 1 aromatic heterocycles. The van der Waals surface area contributed by atoms with Gasteiger partial charge in [-0.3, -0.25) is 9.69 Å². The molecule has 7 heteroatoms. The zero-order valence-electron chi connectivity index (χ0n) is 12.8. The van der Waals surface area contributed by atoms with Crippen LogP contribution in [0.3, 0.4) is 0 Å². The number of rotatable bonds is 3. The van der Waals surface area contributed by atoms with Crippen molar-refractivity contribution in [1.82, 2.24) is 9.88 Å². The van der Waals surface area contributed by atoms with Gasteiger partial charge < -0.3 is 5.11 Å². The van der Waals surface area contributed by atoms with Crippen LogP contribution in [-0.4, -0.2) is 27.5 Å². The first kappa shape index (κ1) is 16.0. The summed E-state index contributed by atoms with van der Waals surface area (Å²) in [4.78, 5) is 19.0. The van der Waals surface area contributed by atoms with E-state index in [4.69, 9.17) is 0 Å². The number of carboxylic acid groups (broad SMARTS) is 1. The van der Waals surface area contributed by atoms with Crippen LogP contribution >= 0.6 is 11.3 Å². The lowest BCUT2D eigenvalue weighted by atomic mass is 9.91. The second-order valence-electron chi connectivity index (χ2n) is 5.63. The number of nitrogens with zero attached hydrogens (tertiary/aromatic N) is 2. The number of aromatic nitrogens is 1. The summed E-state index contributed by atoms with van der Waals surface area (Å²) in [5, 5.41) is 10.5. The Bertz CT molecular complexity index is 776. The summed E-state index contributed by atoms with van der Waals surface area (Å²) in [6.07, 6.45) is 0.283. The molecule has 0 fully saturated rings. The molecule has 0 bridgehead atoms. The van der Waals surface area contributed by atoms with E-state index >= 15 is 0 Å². The van der Waals surface area contributed by atoms with E-state index < -0.39 is 23.6 Å². The fourth-order valence-corrected chi connectivity index (χ4v) is 3.90. The molecule has 1 aliphatic rings. The molecule has 23 heavy (non-hydrogen) atoms. The highest BCUT2D eigenvalue weighted by Gasteiger charge is 2.35. The van der Waals surface area contributed by atoms with Crippen molar-refractivity contribution in [3.8, 4) is 0 Å². The molecule has 4 nitrogen and oxygen atoms in total. The molecule has 122 valence electrons. The maximum Gasteiger partial charge on any atom is 0.325 e. The monoisotopic (exact) mass is 338 g/mol. The molecule has 0 spiro atoms. The lowest BCUT2D eigenvalue weighted by Gasteiger charge is -2.34. The standard InChI is InChI=1S/C16H16F2N2O2S/c1-8-13(19-9(2)23-8)7-20-6-5-10-11(15(20)16(21)22)3-4-12(17)14(10)18/h3-4,15H,5-7H2,1-2H3,(H,21,22). The highest BCUT2D eigenvalue weighted by molar-refractivity contribution is 7.11. The number of hydrogen-bond acceptors (Lipinski definition) is 4. The Kier molecular flexibility index (Phi) is 4.16. The molecule has 2 aromatic rings. The fourth-order valence-electron chi connectivity index (χ4n) is 3.07. The average molecular weight is 338 g/mol. The molecular weight excluding hydrogens is 322 g/mol. The van der Waals surface area contributed by atoms with Crippen LogP contribution in [0.25, 0.3) is 0 Å². The predicted octanol–water partition coefficient (Wildman–Crippen LogP) is 3.22. The Labute approximate surface area is 136 Å². The Morgan fingerprint density at radius 3 is 2.78 bits per heavy atom. The van der Waals surface area contributed by atoms with Crippen molar-refractivity contribution in [2.75, 3.05) is 6.54 Å². The molecule has 1 aromatic carbocycles. The number of thiazole rings is 1. The Hall–Kier alpha value is -1.86. The molecule has 0 amide bonds. The highest BCUT2D eigenvalue weighted by atomic mass is 32.1. The first-order chi connectivity index (χ1) is 10.9. The fraction of sp³-hybridized carbons (Fsp3) is 0.375. The SMILES string of the molecule is Cc1nc(CN2CCc3c(ccc(F)c3F)C2C(=O)O)c(C)s1. The minimum absolute atomic E-state index is 0.167. The van der Waals surface area contributed by atoms with Gasteiger partial charge >= 0.3 is 5.97 Å². The normalized spacial score (nSPS) is 18.0. The van der Waals surface area contributed by atoms with Crippen LogP contribution in [0.15, 0.2) is 12.1 Å². The van der Waals surface area contributed by atoms with Gasteiger partial charge in [-0.05, 0) is 37.5 Å². The molecule has 2 heterocycles. The third-order valence-corrected chi connectivity index (χ3v) is 5.06. The number of aliphatic carboxylic acids is 1. The third kappa shape index (κ3) is 2.86. The van der Waals surface area contributed by atoms with Gasteiger partial charge in [0.25, 0.3) is 0 Å². The number of halogens is 2. The Morgan fingerprint density at radius 1 is 1.43 bits per heavy atom. The maximum absolute atomic E-state index is 13.9. The van der Waals surface area contributed by atoms with Crippen LogP contribution in [0.1, 0.15) is 32.7 Å². The zero-order valence-corrected chi connectivity index (χ0v) is 13.6. The van der Waals surface area contributed by atoms with E-state index in [1.807, 2.05) is 13.8 Å². The maximum atomic E-state index is 13.9. The molecule has 0 radical (unpaired) electrons. The van der Waals surface area contributed by atoms with Crippen molar-refractivity contribution in [1.29, 1.82) is 0 Å². The van der Waals surface area contributed by atoms with Crippen LogP contribution < -0.4 is 0 Å². The van der Waals surface area contributed by atoms with Gasteiger partial charge in [0, 0.05) is 18.0 Å². The van der Waals surface area contributed by atoms with Crippen LogP contribution in [0, 0.1) is 25.5 Å². The molecule has 0 saturated heterocycles. The first-order valence-corrected chi connectivity index (χ1v) is 8.06. The van der Waals surface area contributed by atoms with E-state index in [2.05, 4.69) is 4.98 Å². The van der Waals surface area contributed by atoms with Gasteiger partial charge in [0.05, 0.1) is 10.7 Å². The third-order valence-electron chi connectivity index (χ3n) is 4.13. The summed E-state index contributed by atoms with van der Waals surface area (Å²) < 4.78 is 27.3. The molecule has 1 N–H and O–H groups in total. The van der Waals surface area contributed by atoms with Crippen LogP contribution in [-0.2, 0) is 17.8 Å². The van der Waals surface area contributed by atoms with Gasteiger partial charge in [0.15, 0.2) is 11.6 Å². The number of fused-ring (bicyclic) bond motifs is 1. The van der Waals surface area contributed by atoms with Crippen LogP contribution in [0.5, 0.6) is 0 Å². The molecule has 0 aliphatic carbocycles. The van der Waals surface area contributed by atoms with Gasteiger partial charge in [0.1, 0.15) is 6.04 Å². The van der Waals surface area contributed by atoms with E-state index in [9.17, 15) is 18.7 Å². The average Bonchev–Trinajstić information content (AvgIpc) is 2.80. The largest absolute Gasteiger partial charge is 0.480 e. The van der Waals surface area contributed by atoms with Gasteiger partial charge in [-0.25, -0.2) is 13.8 Å². The van der Waals surface area contributed by atoms with Crippen molar-refractivity contribution in [3.63, 3.8) is 0 Å². The smallest absolute Gasteiger partial charge is 0.325 e. The molecule has 0 saturated carbocycles. The minimum atomic E-state index is -1.07. The minimum Gasteiger partial charge on any atom is -0.480 e.